The van der Waals surface area contributed by atoms with Crippen LogP contribution in [0.3, 0.4) is 0 Å². The van der Waals surface area contributed by atoms with Crippen LogP contribution in [0.4, 0.5) is 5.82 Å². The van der Waals surface area contributed by atoms with E-state index in [2.05, 4.69) is 29.1 Å². The summed E-state index contributed by atoms with van der Waals surface area (Å²) in [4.78, 5) is 9.18. The molecule has 0 aliphatic heterocycles. The van der Waals surface area contributed by atoms with Gasteiger partial charge >= 0.3 is 0 Å². The summed E-state index contributed by atoms with van der Waals surface area (Å²) >= 11 is 1.72. The molecule has 100 valence electrons. The lowest BCUT2D eigenvalue weighted by molar-refractivity contribution is 0.289. The minimum absolute atomic E-state index is 0.231. The molecule has 4 nitrogen and oxygen atoms in total. The van der Waals surface area contributed by atoms with Crippen molar-refractivity contribution in [3.05, 3.63) is 11.9 Å². The summed E-state index contributed by atoms with van der Waals surface area (Å²) in [6, 6.07) is 2.01. The van der Waals surface area contributed by atoms with Gasteiger partial charge in [0.15, 0.2) is 0 Å². The number of aromatic nitrogens is 2. The highest BCUT2D eigenvalue weighted by molar-refractivity contribution is 7.99. The second-order valence-corrected chi connectivity index (χ2v) is 6.15. The van der Waals surface area contributed by atoms with Crippen LogP contribution < -0.4 is 5.32 Å². The number of thioether (sulfide) groups is 1. The Labute approximate surface area is 113 Å². The van der Waals surface area contributed by atoms with E-state index in [9.17, 15) is 0 Å². The van der Waals surface area contributed by atoms with Crippen LogP contribution >= 0.6 is 11.8 Å². The maximum absolute atomic E-state index is 8.95. The van der Waals surface area contributed by atoms with Crippen molar-refractivity contribution in [1.29, 1.82) is 0 Å². The highest BCUT2D eigenvalue weighted by Crippen LogP contribution is 2.39. The van der Waals surface area contributed by atoms with Gasteiger partial charge in [0.25, 0.3) is 0 Å². The predicted octanol–water partition coefficient (Wildman–Crippen LogP) is 2.65. The minimum atomic E-state index is 0.231. The molecule has 1 fully saturated rings. The molecule has 1 aliphatic rings. The Hall–Kier alpha value is -0.810. The molecule has 1 aliphatic carbocycles. The number of rotatable bonds is 7. The molecule has 0 saturated heterocycles. The van der Waals surface area contributed by atoms with Gasteiger partial charge in [-0.2, -0.15) is 0 Å². The van der Waals surface area contributed by atoms with E-state index in [4.69, 9.17) is 5.11 Å². The molecule has 1 aromatic rings. The first-order valence-corrected chi connectivity index (χ1v) is 7.51. The van der Waals surface area contributed by atoms with Gasteiger partial charge < -0.3 is 10.4 Å². The molecule has 0 bridgehead atoms. The lowest BCUT2D eigenvalue weighted by Crippen LogP contribution is -2.05. The third-order valence-electron chi connectivity index (χ3n) is 2.88. The SMILES string of the molecule is CCNc1cc(SC(C)CCO)nc(C2CC2)n1. The first-order valence-electron chi connectivity index (χ1n) is 6.63. The zero-order chi connectivity index (χ0) is 13.0. The van der Waals surface area contributed by atoms with Crippen molar-refractivity contribution in [2.24, 2.45) is 0 Å². The topological polar surface area (TPSA) is 58.0 Å². The molecule has 18 heavy (non-hydrogen) atoms. The molecular weight excluding hydrogens is 246 g/mol. The summed E-state index contributed by atoms with van der Waals surface area (Å²) in [7, 11) is 0. The smallest absolute Gasteiger partial charge is 0.135 e. The maximum Gasteiger partial charge on any atom is 0.135 e. The van der Waals surface area contributed by atoms with E-state index in [1.165, 1.54) is 12.8 Å². The molecular formula is C13H21N3OS. The highest BCUT2D eigenvalue weighted by atomic mass is 32.2. The van der Waals surface area contributed by atoms with Crippen LogP contribution in [-0.4, -0.2) is 33.5 Å². The summed E-state index contributed by atoms with van der Waals surface area (Å²) in [5.41, 5.74) is 0. The van der Waals surface area contributed by atoms with Gasteiger partial charge in [-0.15, -0.1) is 11.8 Å². The van der Waals surface area contributed by atoms with Crippen molar-refractivity contribution in [2.75, 3.05) is 18.5 Å². The van der Waals surface area contributed by atoms with E-state index in [0.717, 1.165) is 29.6 Å². The molecule has 5 heteroatoms. The molecule has 0 aromatic carbocycles. The number of aliphatic hydroxyl groups excluding tert-OH is 1. The Morgan fingerprint density at radius 3 is 2.89 bits per heavy atom. The maximum atomic E-state index is 8.95. The largest absolute Gasteiger partial charge is 0.396 e. The standard InChI is InChI=1S/C13H21N3OS/c1-3-14-11-8-12(18-9(2)6-7-17)16-13(15-11)10-4-5-10/h8-10,17H,3-7H2,1-2H3,(H,14,15,16). The van der Waals surface area contributed by atoms with Gasteiger partial charge in [-0.3, -0.25) is 0 Å². The molecule has 1 aromatic heterocycles. The first kappa shape index (κ1) is 13.6. The predicted molar refractivity (Wildman–Crippen MR) is 75.2 cm³/mol. The van der Waals surface area contributed by atoms with Crippen molar-refractivity contribution in [3.8, 4) is 0 Å². The second-order valence-electron chi connectivity index (χ2n) is 4.69. The van der Waals surface area contributed by atoms with Gasteiger partial charge in [-0.25, -0.2) is 9.97 Å². The fourth-order valence-corrected chi connectivity index (χ4v) is 2.71. The lowest BCUT2D eigenvalue weighted by atomic mass is 10.3. The Bertz CT molecular complexity index is 396. The number of nitrogens with one attached hydrogen (secondary N) is 1. The van der Waals surface area contributed by atoms with Gasteiger partial charge in [0, 0.05) is 30.4 Å². The minimum Gasteiger partial charge on any atom is -0.396 e. The summed E-state index contributed by atoms with van der Waals surface area (Å²) in [5, 5.41) is 13.6. The molecule has 1 unspecified atom stereocenters. The average molecular weight is 267 g/mol. The van der Waals surface area contributed by atoms with E-state index in [1.807, 2.05) is 6.07 Å². The average Bonchev–Trinajstić information content (AvgIpc) is 3.13. The molecule has 0 spiro atoms. The normalized spacial score (nSPS) is 16.6. The Balaban J connectivity index is 2.11. The Kier molecular flexibility index (Phi) is 4.83. The quantitative estimate of drug-likeness (QED) is 0.587. The van der Waals surface area contributed by atoms with E-state index in [0.29, 0.717) is 11.2 Å². The van der Waals surface area contributed by atoms with E-state index in [-0.39, 0.29) is 6.61 Å². The van der Waals surface area contributed by atoms with E-state index >= 15 is 0 Å². The van der Waals surface area contributed by atoms with Gasteiger partial charge in [-0.05, 0) is 26.2 Å². The van der Waals surface area contributed by atoms with Gasteiger partial charge in [0.1, 0.15) is 16.7 Å². The van der Waals surface area contributed by atoms with Crippen LogP contribution in [0, 0.1) is 0 Å². The van der Waals surface area contributed by atoms with Crippen LogP contribution in [-0.2, 0) is 0 Å². The van der Waals surface area contributed by atoms with Crippen molar-refractivity contribution in [1.82, 2.24) is 9.97 Å². The van der Waals surface area contributed by atoms with Crippen molar-refractivity contribution in [3.63, 3.8) is 0 Å². The van der Waals surface area contributed by atoms with Crippen molar-refractivity contribution < 1.29 is 5.11 Å². The number of hydrogen-bond acceptors (Lipinski definition) is 5. The summed E-state index contributed by atoms with van der Waals surface area (Å²) in [5.74, 6) is 2.47. The van der Waals surface area contributed by atoms with Crippen LogP contribution in [0.15, 0.2) is 11.1 Å². The van der Waals surface area contributed by atoms with Crippen molar-refractivity contribution >= 4 is 17.6 Å². The number of hydrogen-bond donors (Lipinski definition) is 2. The Morgan fingerprint density at radius 2 is 2.28 bits per heavy atom. The fraction of sp³-hybridized carbons (Fsp3) is 0.692. The molecule has 2 N–H and O–H groups in total. The van der Waals surface area contributed by atoms with Crippen LogP contribution in [0.2, 0.25) is 0 Å². The number of nitrogens with zero attached hydrogens (tertiary/aromatic N) is 2. The fourth-order valence-electron chi connectivity index (χ4n) is 1.75. The first-order chi connectivity index (χ1) is 8.72. The molecule has 1 saturated carbocycles. The van der Waals surface area contributed by atoms with Crippen LogP contribution in [0.5, 0.6) is 0 Å². The lowest BCUT2D eigenvalue weighted by Gasteiger charge is -2.11. The second kappa shape index (κ2) is 6.38. The van der Waals surface area contributed by atoms with Crippen LogP contribution in [0.1, 0.15) is 44.9 Å². The number of anilines is 1. The summed E-state index contributed by atoms with van der Waals surface area (Å²) < 4.78 is 0. The third kappa shape index (κ3) is 3.85. The zero-order valence-corrected chi connectivity index (χ0v) is 11.8. The summed E-state index contributed by atoms with van der Waals surface area (Å²) in [6.07, 6.45) is 3.22. The van der Waals surface area contributed by atoms with Crippen LogP contribution in [0.25, 0.3) is 0 Å². The molecule has 0 amide bonds. The van der Waals surface area contributed by atoms with E-state index < -0.39 is 0 Å². The Morgan fingerprint density at radius 1 is 1.50 bits per heavy atom. The van der Waals surface area contributed by atoms with Gasteiger partial charge in [-0.1, -0.05) is 6.92 Å². The molecule has 0 radical (unpaired) electrons. The van der Waals surface area contributed by atoms with Crippen molar-refractivity contribution in [2.45, 2.75) is 49.3 Å². The van der Waals surface area contributed by atoms with E-state index in [1.54, 1.807) is 11.8 Å². The van der Waals surface area contributed by atoms with Gasteiger partial charge in [0.05, 0.1) is 0 Å². The zero-order valence-electron chi connectivity index (χ0n) is 11.0. The summed E-state index contributed by atoms with van der Waals surface area (Å²) in [6.45, 7) is 5.29. The molecule has 1 atom stereocenters. The molecule has 1 heterocycles. The number of aliphatic hydroxyl groups is 1. The monoisotopic (exact) mass is 267 g/mol. The molecule has 2 rings (SSSR count). The highest BCUT2D eigenvalue weighted by Gasteiger charge is 2.27. The van der Waals surface area contributed by atoms with Gasteiger partial charge in [0.2, 0.25) is 0 Å². The third-order valence-corrected chi connectivity index (χ3v) is 3.97.